The summed E-state index contributed by atoms with van der Waals surface area (Å²) < 4.78 is 27.8. The van der Waals surface area contributed by atoms with E-state index in [0.29, 0.717) is 5.57 Å². The van der Waals surface area contributed by atoms with Crippen molar-refractivity contribution in [3.8, 4) is 0 Å². The molecule has 0 amide bonds. The third kappa shape index (κ3) is 2.70. The minimum Gasteiger partial charge on any atom is -0.465 e. The van der Waals surface area contributed by atoms with Crippen molar-refractivity contribution in [1.29, 1.82) is 0 Å². The summed E-state index contributed by atoms with van der Waals surface area (Å²) in [6, 6.07) is 0. The first-order valence-corrected chi connectivity index (χ1v) is 9.96. The summed E-state index contributed by atoms with van der Waals surface area (Å²) in [4.78, 5) is 35.0. The second kappa shape index (κ2) is 6.89. The Balaban J connectivity index is 1.93. The SMILES string of the molecule is CC(=O)OCC12C(C=C(C)C(OC(=O)O)C1O)OC1C(O)C(OC(C)=O)C2(C)C12CO2. The van der Waals surface area contributed by atoms with Crippen LogP contribution >= 0.6 is 0 Å². The fraction of sp³-hybridized carbons (Fsp3) is 0.750. The Morgan fingerprint density at radius 2 is 1.84 bits per heavy atom. The van der Waals surface area contributed by atoms with Gasteiger partial charge in [-0.1, -0.05) is 13.0 Å². The molecule has 1 saturated carbocycles. The molecule has 3 fully saturated rings. The molecule has 0 radical (unpaired) electrons. The molecular weight excluding hydrogens is 416 g/mol. The molecule has 11 heteroatoms. The van der Waals surface area contributed by atoms with Crippen LogP contribution in [0.5, 0.6) is 0 Å². The van der Waals surface area contributed by atoms with Crippen LogP contribution in [-0.2, 0) is 33.3 Å². The maximum atomic E-state index is 11.9. The average Bonchev–Trinajstić information content (AvgIpc) is 3.44. The number of carboxylic acid groups (broad SMARTS) is 1. The largest absolute Gasteiger partial charge is 0.506 e. The van der Waals surface area contributed by atoms with Gasteiger partial charge in [-0.05, 0) is 12.5 Å². The smallest absolute Gasteiger partial charge is 0.465 e. The van der Waals surface area contributed by atoms with Crippen molar-refractivity contribution in [1.82, 2.24) is 0 Å². The lowest BCUT2D eigenvalue weighted by Crippen LogP contribution is -2.73. The number of rotatable bonds is 4. The molecule has 4 rings (SSSR count). The van der Waals surface area contributed by atoms with Crippen molar-refractivity contribution in [3.63, 3.8) is 0 Å². The van der Waals surface area contributed by atoms with Gasteiger partial charge in [0.1, 0.15) is 36.6 Å². The Morgan fingerprint density at radius 1 is 1.19 bits per heavy atom. The van der Waals surface area contributed by atoms with E-state index in [2.05, 4.69) is 0 Å². The Morgan fingerprint density at radius 3 is 2.35 bits per heavy atom. The molecule has 2 aliphatic carbocycles. The summed E-state index contributed by atoms with van der Waals surface area (Å²) in [5, 5.41) is 31.8. The minimum atomic E-state index is -1.60. The lowest BCUT2D eigenvalue weighted by molar-refractivity contribution is -0.274. The molecule has 0 aromatic heterocycles. The van der Waals surface area contributed by atoms with Crippen LogP contribution in [0.2, 0.25) is 0 Å². The third-order valence-corrected chi connectivity index (χ3v) is 7.46. The zero-order chi connectivity index (χ0) is 22.9. The van der Waals surface area contributed by atoms with Gasteiger partial charge in [0.05, 0.1) is 23.5 Å². The maximum Gasteiger partial charge on any atom is 0.506 e. The molecule has 11 nitrogen and oxygen atoms in total. The second-order valence-electron chi connectivity index (χ2n) is 8.86. The summed E-state index contributed by atoms with van der Waals surface area (Å²) in [5.41, 5.74) is -3.60. The van der Waals surface area contributed by atoms with Gasteiger partial charge >= 0.3 is 18.1 Å². The van der Waals surface area contributed by atoms with E-state index in [4.69, 9.17) is 23.7 Å². The average molecular weight is 442 g/mol. The molecule has 2 bridgehead atoms. The van der Waals surface area contributed by atoms with Crippen LogP contribution in [0, 0.1) is 10.8 Å². The van der Waals surface area contributed by atoms with Crippen molar-refractivity contribution in [2.75, 3.05) is 13.2 Å². The number of hydrogen-bond donors (Lipinski definition) is 3. The Bertz CT molecular complexity index is 848. The monoisotopic (exact) mass is 442 g/mol. The number of fused-ring (bicyclic) bond motifs is 2. The predicted octanol–water partition coefficient (Wildman–Crippen LogP) is -0.231. The number of epoxide rings is 1. The third-order valence-electron chi connectivity index (χ3n) is 7.46. The highest BCUT2D eigenvalue weighted by Crippen LogP contribution is 2.72. The van der Waals surface area contributed by atoms with Crippen molar-refractivity contribution >= 4 is 18.1 Å². The number of carbonyl (C=O) groups excluding carboxylic acids is 2. The highest BCUT2D eigenvalue weighted by atomic mass is 16.7. The van der Waals surface area contributed by atoms with Crippen molar-refractivity contribution < 1.29 is 53.4 Å². The van der Waals surface area contributed by atoms with Crippen molar-refractivity contribution in [2.24, 2.45) is 10.8 Å². The van der Waals surface area contributed by atoms with Crippen LogP contribution < -0.4 is 0 Å². The fourth-order valence-corrected chi connectivity index (χ4v) is 5.97. The standard InChI is InChI=1S/C20H26O11/c1-8-5-11-19(6-27-9(2)21,14(24)13(8)31-17(25)26)18(4)15(29-10(3)22)12(23)16(30-11)20(18)7-28-20/h5,11-16,23-24H,6-7H2,1-4H3,(H,25,26). The zero-order valence-corrected chi connectivity index (χ0v) is 17.6. The van der Waals surface area contributed by atoms with E-state index in [1.54, 1.807) is 19.9 Å². The first-order valence-electron chi connectivity index (χ1n) is 9.96. The first kappa shape index (κ1) is 22.0. The summed E-state index contributed by atoms with van der Waals surface area (Å²) in [5.74, 6) is -1.30. The summed E-state index contributed by atoms with van der Waals surface area (Å²) in [7, 11) is 0. The number of aliphatic hydroxyl groups excluding tert-OH is 2. The first-order chi connectivity index (χ1) is 14.4. The molecule has 2 aliphatic heterocycles. The molecule has 4 aliphatic rings. The number of esters is 2. The summed E-state index contributed by atoms with van der Waals surface area (Å²) in [6.07, 6.45) is -7.10. The van der Waals surface area contributed by atoms with Crippen LogP contribution in [0.25, 0.3) is 0 Å². The van der Waals surface area contributed by atoms with Gasteiger partial charge in [-0.25, -0.2) is 4.79 Å². The molecule has 9 atom stereocenters. The highest BCUT2D eigenvalue weighted by molar-refractivity contribution is 5.67. The molecule has 1 spiro atoms. The normalized spacial score (nSPS) is 47.2. The highest BCUT2D eigenvalue weighted by Gasteiger charge is 2.87. The topological polar surface area (TPSA) is 161 Å². The lowest BCUT2D eigenvalue weighted by atomic mass is 9.49. The number of aliphatic hydroxyl groups is 2. The van der Waals surface area contributed by atoms with E-state index in [1.807, 2.05) is 0 Å². The van der Waals surface area contributed by atoms with E-state index < -0.39 is 77.8 Å². The van der Waals surface area contributed by atoms with Gasteiger partial charge in [-0.15, -0.1) is 0 Å². The Kier molecular flexibility index (Phi) is 4.89. The summed E-state index contributed by atoms with van der Waals surface area (Å²) in [6.45, 7) is 5.38. The van der Waals surface area contributed by atoms with Crippen LogP contribution in [0.3, 0.4) is 0 Å². The van der Waals surface area contributed by atoms with E-state index >= 15 is 0 Å². The number of hydrogen-bond acceptors (Lipinski definition) is 10. The van der Waals surface area contributed by atoms with Crippen LogP contribution in [0.1, 0.15) is 27.7 Å². The van der Waals surface area contributed by atoms with E-state index in [-0.39, 0.29) is 6.61 Å². The minimum absolute atomic E-state index is 0.150. The van der Waals surface area contributed by atoms with E-state index in [1.165, 1.54) is 13.8 Å². The van der Waals surface area contributed by atoms with E-state index in [9.17, 15) is 29.7 Å². The molecule has 0 aromatic rings. The van der Waals surface area contributed by atoms with Gasteiger partial charge in [-0.2, -0.15) is 0 Å². The van der Waals surface area contributed by atoms with E-state index in [0.717, 1.165) is 0 Å². The number of ether oxygens (including phenoxy) is 5. The van der Waals surface area contributed by atoms with Crippen LogP contribution in [-0.4, -0.2) is 88.9 Å². The molecule has 2 saturated heterocycles. The second-order valence-corrected chi connectivity index (χ2v) is 8.86. The molecule has 172 valence electrons. The van der Waals surface area contributed by atoms with Crippen molar-refractivity contribution in [2.45, 2.75) is 69.9 Å². The molecule has 31 heavy (non-hydrogen) atoms. The molecule has 2 heterocycles. The van der Waals surface area contributed by atoms with Gasteiger partial charge < -0.3 is 39.0 Å². The zero-order valence-electron chi connectivity index (χ0n) is 17.6. The number of carbonyl (C=O) groups is 3. The van der Waals surface area contributed by atoms with Gasteiger partial charge in [0.15, 0.2) is 6.10 Å². The summed E-state index contributed by atoms with van der Waals surface area (Å²) >= 11 is 0. The maximum absolute atomic E-state index is 11.9. The van der Waals surface area contributed by atoms with Crippen molar-refractivity contribution in [3.05, 3.63) is 11.6 Å². The quantitative estimate of drug-likeness (QED) is 0.228. The van der Waals surface area contributed by atoms with Crippen LogP contribution in [0.15, 0.2) is 11.6 Å². The van der Waals surface area contributed by atoms with Gasteiger partial charge in [-0.3, -0.25) is 9.59 Å². The predicted molar refractivity (Wildman–Crippen MR) is 98.7 cm³/mol. The molecule has 3 N–H and O–H groups in total. The molecule has 0 aromatic carbocycles. The van der Waals surface area contributed by atoms with Gasteiger partial charge in [0.2, 0.25) is 0 Å². The van der Waals surface area contributed by atoms with Gasteiger partial charge in [0, 0.05) is 13.8 Å². The molecular formula is C20H26O11. The molecule has 9 unspecified atom stereocenters. The van der Waals surface area contributed by atoms with Crippen LogP contribution in [0.4, 0.5) is 4.79 Å². The fourth-order valence-electron chi connectivity index (χ4n) is 5.97. The Hall–Kier alpha value is -2.21. The lowest BCUT2D eigenvalue weighted by Gasteiger charge is -2.60. The van der Waals surface area contributed by atoms with Gasteiger partial charge in [0.25, 0.3) is 0 Å². The Labute approximate surface area is 177 Å².